The molecule has 0 aliphatic rings. The maximum Gasteiger partial charge on any atom is 0.189 e. The standard InChI is InChI=1S/C10H7ClFN3O/c11-7-3-6(1-2-8(7)12)4-10(16)9-5-13-15-14-9/h1-3,5H,4H2,(H,13,14,15). The number of H-pyrrole nitrogens is 1. The summed E-state index contributed by atoms with van der Waals surface area (Å²) in [7, 11) is 0. The van der Waals surface area contributed by atoms with E-state index in [1.807, 2.05) is 0 Å². The maximum absolute atomic E-state index is 12.9. The zero-order valence-corrected chi connectivity index (χ0v) is 8.83. The number of halogens is 2. The number of hydrogen-bond acceptors (Lipinski definition) is 3. The van der Waals surface area contributed by atoms with Crippen LogP contribution in [-0.4, -0.2) is 21.2 Å². The van der Waals surface area contributed by atoms with Crippen LogP contribution in [0.15, 0.2) is 24.4 Å². The van der Waals surface area contributed by atoms with E-state index < -0.39 is 5.82 Å². The van der Waals surface area contributed by atoms with Gasteiger partial charge in [-0.1, -0.05) is 17.7 Å². The Bertz CT molecular complexity index is 513. The number of benzene rings is 1. The largest absolute Gasteiger partial charge is 0.292 e. The zero-order valence-electron chi connectivity index (χ0n) is 8.08. The number of ketones is 1. The number of hydrogen-bond donors (Lipinski definition) is 1. The molecule has 0 saturated carbocycles. The minimum atomic E-state index is -0.501. The van der Waals surface area contributed by atoms with Crippen molar-refractivity contribution in [2.75, 3.05) is 0 Å². The molecule has 1 aromatic carbocycles. The van der Waals surface area contributed by atoms with Gasteiger partial charge >= 0.3 is 0 Å². The smallest absolute Gasteiger partial charge is 0.189 e. The highest BCUT2D eigenvalue weighted by molar-refractivity contribution is 6.30. The fourth-order valence-corrected chi connectivity index (χ4v) is 1.46. The molecule has 1 aromatic heterocycles. The van der Waals surface area contributed by atoms with E-state index in [-0.39, 0.29) is 22.9 Å². The first-order valence-electron chi connectivity index (χ1n) is 4.49. The topological polar surface area (TPSA) is 58.6 Å². The van der Waals surface area contributed by atoms with E-state index in [0.717, 1.165) is 0 Å². The summed E-state index contributed by atoms with van der Waals surface area (Å²) in [6.07, 6.45) is 1.46. The number of aromatic nitrogens is 3. The predicted octanol–water partition coefficient (Wildman–Crippen LogP) is 2.02. The number of carbonyl (C=O) groups is 1. The predicted molar refractivity (Wildman–Crippen MR) is 55.8 cm³/mol. The van der Waals surface area contributed by atoms with Crippen molar-refractivity contribution in [3.63, 3.8) is 0 Å². The third-order valence-corrected chi connectivity index (χ3v) is 2.34. The van der Waals surface area contributed by atoms with Gasteiger partial charge in [-0.3, -0.25) is 4.79 Å². The van der Waals surface area contributed by atoms with Gasteiger partial charge in [-0.2, -0.15) is 15.4 Å². The third kappa shape index (κ3) is 2.25. The Labute approximate surface area is 95.4 Å². The quantitative estimate of drug-likeness (QED) is 0.834. The molecular formula is C10H7ClFN3O. The van der Waals surface area contributed by atoms with Crippen LogP contribution in [0.2, 0.25) is 5.02 Å². The molecule has 0 radical (unpaired) electrons. The van der Waals surface area contributed by atoms with Crippen molar-refractivity contribution >= 4 is 17.4 Å². The van der Waals surface area contributed by atoms with Gasteiger partial charge in [0.2, 0.25) is 0 Å². The summed E-state index contributed by atoms with van der Waals surface area (Å²) < 4.78 is 12.9. The van der Waals surface area contributed by atoms with Crippen LogP contribution in [0.5, 0.6) is 0 Å². The van der Waals surface area contributed by atoms with Gasteiger partial charge < -0.3 is 0 Å². The van der Waals surface area contributed by atoms with Crippen molar-refractivity contribution in [1.29, 1.82) is 0 Å². The highest BCUT2D eigenvalue weighted by Crippen LogP contribution is 2.17. The van der Waals surface area contributed by atoms with Crippen LogP contribution in [0.1, 0.15) is 16.1 Å². The lowest BCUT2D eigenvalue weighted by Crippen LogP contribution is -2.04. The molecule has 0 amide bonds. The van der Waals surface area contributed by atoms with Crippen LogP contribution in [0, 0.1) is 5.82 Å². The van der Waals surface area contributed by atoms with E-state index in [0.29, 0.717) is 5.56 Å². The number of rotatable bonds is 3. The van der Waals surface area contributed by atoms with E-state index in [1.54, 1.807) is 0 Å². The van der Waals surface area contributed by atoms with Crippen molar-refractivity contribution in [2.45, 2.75) is 6.42 Å². The van der Waals surface area contributed by atoms with Gasteiger partial charge in [0.25, 0.3) is 0 Å². The molecule has 0 atom stereocenters. The van der Waals surface area contributed by atoms with Gasteiger partial charge in [-0.25, -0.2) is 4.39 Å². The molecule has 4 nitrogen and oxygen atoms in total. The highest BCUT2D eigenvalue weighted by Gasteiger charge is 2.10. The average molecular weight is 240 g/mol. The molecular weight excluding hydrogens is 233 g/mol. The summed E-state index contributed by atoms with van der Waals surface area (Å²) in [4.78, 5) is 11.6. The minimum absolute atomic E-state index is 0.00505. The van der Waals surface area contributed by atoms with Crippen molar-refractivity contribution in [1.82, 2.24) is 15.4 Å². The van der Waals surface area contributed by atoms with E-state index in [2.05, 4.69) is 15.4 Å². The first kappa shape index (κ1) is 10.8. The van der Waals surface area contributed by atoms with Crippen molar-refractivity contribution < 1.29 is 9.18 Å². The van der Waals surface area contributed by atoms with Gasteiger partial charge in [-0.15, -0.1) is 0 Å². The second-order valence-electron chi connectivity index (χ2n) is 3.20. The molecule has 1 heterocycles. The lowest BCUT2D eigenvalue weighted by Gasteiger charge is -2.00. The Morgan fingerprint density at radius 1 is 1.50 bits per heavy atom. The average Bonchev–Trinajstić information content (AvgIpc) is 2.77. The molecule has 16 heavy (non-hydrogen) atoms. The van der Waals surface area contributed by atoms with Crippen molar-refractivity contribution in [3.8, 4) is 0 Å². The molecule has 0 unspecified atom stereocenters. The fraction of sp³-hybridized carbons (Fsp3) is 0.100. The Morgan fingerprint density at radius 3 is 2.94 bits per heavy atom. The van der Waals surface area contributed by atoms with Gasteiger partial charge in [0.15, 0.2) is 5.78 Å². The summed E-state index contributed by atoms with van der Waals surface area (Å²) in [5.74, 6) is -0.698. The number of carbonyl (C=O) groups excluding carboxylic acids is 1. The monoisotopic (exact) mass is 239 g/mol. The number of nitrogens with one attached hydrogen (secondary N) is 1. The minimum Gasteiger partial charge on any atom is -0.292 e. The SMILES string of the molecule is O=C(Cc1ccc(F)c(Cl)c1)c1cn[nH]n1. The van der Waals surface area contributed by atoms with Crippen LogP contribution in [0.25, 0.3) is 0 Å². The Kier molecular flexibility index (Phi) is 2.96. The highest BCUT2D eigenvalue weighted by atomic mass is 35.5. The van der Waals surface area contributed by atoms with E-state index >= 15 is 0 Å². The molecule has 2 aromatic rings. The molecule has 0 fully saturated rings. The van der Waals surface area contributed by atoms with Crippen LogP contribution < -0.4 is 0 Å². The van der Waals surface area contributed by atoms with E-state index in [9.17, 15) is 9.18 Å². The zero-order chi connectivity index (χ0) is 11.5. The van der Waals surface area contributed by atoms with Gasteiger partial charge in [0.05, 0.1) is 11.2 Å². The second-order valence-corrected chi connectivity index (χ2v) is 3.61. The summed E-state index contributed by atoms with van der Waals surface area (Å²) in [6, 6.07) is 4.17. The number of nitrogens with zero attached hydrogens (tertiary/aromatic N) is 2. The summed E-state index contributed by atoms with van der Waals surface area (Å²) in [5.41, 5.74) is 0.889. The third-order valence-electron chi connectivity index (χ3n) is 2.05. The first-order valence-corrected chi connectivity index (χ1v) is 4.87. The van der Waals surface area contributed by atoms with Crippen LogP contribution in [-0.2, 0) is 6.42 Å². The molecule has 6 heteroatoms. The lowest BCUT2D eigenvalue weighted by atomic mass is 10.1. The number of aromatic amines is 1. The first-order chi connectivity index (χ1) is 7.66. The molecule has 0 aliphatic carbocycles. The maximum atomic E-state index is 12.9. The molecule has 0 saturated heterocycles. The molecule has 0 bridgehead atoms. The lowest BCUT2D eigenvalue weighted by molar-refractivity contribution is 0.0988. The molecule has 2 rings (SSSR count). The fourth-order valence-electron chi connectivity index (χ4n) is 1.26. The second kappa shape index (κ2) is 4.40. The normalized spacial score (nSPS) is 10.4. The van der Waals surface area contributed by atoms with E-state index in [1.165, 1.54) is 24.4 Å². The molecule has 0 spiro atoms. The van der Waals surface area contributed by atoms with E-state index in [4.69, 9.17) is 11.6 Å². The molecule has 1 N–H and O–H groups in total. The summed E-state index contributed by atoms with van der Waals surface area (Å²) >= 11 is 5.60. The summed E-state index contributed by atoms with van der Waals surface area (Å²) in [6.45, 7) is 0. The Balaban J connectivity index is 2.15. The molecule has 82 valence electrons. The van der Waals surface area contributed by atoms with Crippen LogP contribution in [0.3, 0.4) is 0 Å². The number of Topliss-reactive ketones (excluding diaryl/α,β-unsaturated/α-hetero) is 1. The van der Waals surface area contributed by atoms with Crippen LogP contribution >= 0.6 is 11.6 Å². The van der Waals surface area contributed by atoms with Crippen LogP contribution in [0.4, 0.5) is 4.39 Å². The van der Waals surface area contributed by atoms with Gasteiger partial charge in [-0.05, 0) is 17.7 Å². The van der Waals surface area contributed by atoms with Crippen molar-refractivity contribution in [3.05, 3.63) is 46.5 Å². The van der Waals surface area contributed by atoms with Gasteiger partial charge in [0, 0.05) is 6.42 Å². The Morgan fingerprint density at radius 2 is 2.31 bits per heavy atom. The Hall–Kier alpha value is -1.75. The molecule has 0 aliphatic heterocycles. The van der Waals surface area contributed by atoms with Gasteiger partial charge in [0.1, 0.15) is 11.5 Å². The summed E-state index contributed by atoms with van der Waals surface area (Å²) in [5, 5.41) is 9.55. The van der Waals surface area contributed by atoms with Crippen molar-refractivity contribution in [2.24, 2.45) is 0 Å².